The van der Waals surface area contributed by atoms with Crippen LogP contribution in [-0.2, 0) is 22.0 Å². The van der Waals surface area contributed by atoms with Gasteiger partial charge in [-0.15, -0.1) is 0 Å². The van der Waals surface area contributed by atoms with E-state index < -0.39 is 4.92 Å². The molecule has 8 nitrogen and oxygen atoms in total. The lowest BCUT2D eigenvalue weighted by Crippen LogP contribution is -2.20. The molecule has 1 amide bonds. The molecule has 0 aliphatic rings. The molecule has 0 fully saturated rings. The standard InChI is InChI=1S/C28H32ClN3O5/c1-27(2,3)21-13-17(14-22(26(21)34)28(4,5)6)7-12-25(33)31-30-16-19-9-11-24(37-19)20-15-18(32(35)36)8-10-23(20)29/h8-11,13-16,34H,7,12H2,1-6H3,(H,31,33). The second-order valence-electron chi connectivity index (χ2n) is 11.0. The molecule has 0 aliphatic carbocycles. The van der Waals surface area contributed by atoms with Gasteiger partial charge < -0.3 is 9.52 Å². The number of furan rings is 1. The lowest BCUT2D eigenvalue weighted by Gasteiger charge is -2.28. The van der Waals surface area contributed by atoms with Crippen molar-refractivity contribution in [3.63, 3.8) is 0 Å². The Morgan fingerprint density at radius 3 is 2.27 bits per heavy atom. The molecule has 0 radical (unpaired) electrons. The van der Waals surface area contributed by atoms with E-state index in [-0.39, 0.29) is 28.8 Å². The topological polar surface area (TPSA) is 118 Å². The van der Waals surface area contributed by atoms with Gasteiger partial charge in [-0.25, -0.2) is 5.43 Å². The van der Waals surface area contributed by atoms with E-state index in [1.807, 2.05) is 53.7 Å². The number of nitro groups is 1. The fourth-order valence-corrected chi connectivity index (χ4v) is 4.06. The monoisotopic (exact) mass is 525 g/mol. The van der Waals surface area contributed by atoms with Gasteiger partial charge >= 0.3 is 0 Å². The number of carbonyl (C=O) groups is 1. The summed E-state index contributed by atoms with van der Waals surface area (Å²) in [4.78, 5) is 23.0. The van der Waals surface area contributed by atoms with E-state index in [0.29, 0.717) is 34.3 Å². The Morgan fingerprint density at radius 2 is 1.70 bits per heavy atom. The largest absolute Gasteiger partial charge is 0.507 e. The first kappa shape index (κ1) is 27.9. The van der Waals surface area contributed by atoms with Crippen LogP contribution in [-0.4, -0.2) is 22.2 Å². The Labute approximate surface area is 221 Å². The number of benzene rings is 2. The van der Waals surface area contributed by atoms with Gasteiger partial charge in [0, 0.05) is 24.1 Å². The van der Waals surface area contributed by atoms with E-state index in [1.54, 1.807) is 12.1 Å². The minimum absolute atomic E-state index is 0.101. The number of aryl methyl sites for hydroxylation is 1. The van der Waals surface area contributed by atoms with E-state index in [4.69, 9.17) is 16.0 Å². The number of halogens is 1. The summed E-state index contributed by atoms with van der Waals surface area (Å²) >= 11 is 6.17. The van der Waals surface area contributed by atoms with Crippen molar-refractivity contribution < 1.29 is 19.2 Å². The Balaban J connectivity index is 1.66. The maximum absolute atomic E-state index is 12.4. The number of phenolic OH excluding ortho intramolecular Hbond substituents is 1. The molecule has 0 spiro atoms. The van der Waals surface area contributed by atoms with Gasteiger partial charge in [0.25, 0.3) is 5.69 Å². The van der Waals surface area contributed by atoms with Crippen LogP contribution in [0.3, 0.4) is 0 Å². The van der Waals surface area contributed by atoms with Crippen LogP contribution in [0.1, 0.15) is 70.4 Å². The maximum atomic E-state index is 12.4. The van der Waals surface area contributed by atoms with Gasteiger partial charge in [-0.1, -0.05) is 65.3 Å². The fraction of sp³-hybridized carbons (Fsp3) is 0.357. The maximum Gasteiger partial charge on any atom is 0.270 e. The third-order valence-corrected chi connectivity index (χ3v) is 6.19. The molecular formula is C28H32ClN3O5. The highest BCUT2D eigenvalue weighted by Gasteiger charge is 2.26. The molecule has 3 aromatic rings. The summed E-state index contributed by atoms with van der Waals surface area (Å²) < 4.78 is 5.67. The zero-order valence-electron chi connectivity index (χ0n) is 21.9. The number of rotatable bonds is 7. The molecule has 9 heteroatoms. The summed E-state index contributed by atoms with van der Waals surface area (Å²) in [5.74, 6) is 0.730. The molecular weight excluding hydrogens is 494 g/mol. The molecule has 1 aromatic heterocycles. The molecule has 1 heterocycles. The van der Waals surface area contributed by atoms with Crippen molar-refractivity contribution in [2.24, 2.45) is 5.10 Å². The van der Waals surface area contributed by atoms with Crippen LogP contribution >= 0.6 is 11.6 Å². The number of non-ortho nitro benzene ring substituents is 1. The summed E-state index contributed by atoms with van der Waals surface area (Å²) in [5, 5.41) is 26.2. The Bertz CT molecular complexity index is 1310. The highest BCUT2D eigenvalue weighted by molar-refractivity contribution is 6.33. The second kappa shape index (κ2) is 10.8. The Hall–Kier alpha value is -3.65. The van der Waals surface area contributed by atoms with Crippen LogP contribution in [0, 0.1) is 10.1 Å². The van der Waals surface area contributed by atoms with Gasteiger partial charge in [-0.2, -0.15) is 5.10 Å². The van der Waals surface area contributed by atoms with Crippen LogP contribution in [0.5, 0.6) is 5.75 Å². The number of hydrogen-bond donors (Lipinski definition) is 2. The summed E-state index contributed by atoms with van der Waals surface area (Å²) in [5.41, 5.74) is 4.96. The first-order chi connectivity index (χ1) is 17.2. The van der Waals surface area contributed by atoms with Crippen LogP contribution in [0.2, 0.25) is 5.02 Å². The average molecular weight is 526 g/mol. The second-order valence-corrected chi connectivity index (χ2v) is 11.4. The van der Waals surface area contributed by atoms with Crippen LogP contribution in [0.25, 0.3) is 11.3 Å². The molecule has 0 aliphatic heterocycles. The summed E-state index contributed by atoms with van der Waals surface area (Å²) in [6.07, 6.45) is 2.05. The Morgan fingerprint density at radius 1 is 1.08 bits per heavy atom. The molecule has 2 aromatic carbocycles. The van der Waals surface area contributed by atoms with Gasteiger partial charge in [0.05, 0.1) is 16.2 Å². The van der Waals surface area contributed by atoms with E-state index in [2.05, 4.69) is 10.5 Å². The number of amides is 1. The number of aromatic hydroxyl groups is 1. The van der Waals surface area contributed by atoms with Crippen molar-refractivity contribution in [1.82, 2.24) is 5.43 Å². The molecule has 0 bridgehead atoms. The van der Waals surface area contributed by atoms with Crippen molar-refractivity contribution in [3.8, 4) is 17.1 Å². The number of nitrogens with zero attached hydrogens (tertiary/aromatic N) is 2. The highest BCUT2D eigenvalue weighted by atomic mass is 35.5. The zero-order chi connectivity index (χ0) is 27.5. The molecule has 0 atom stereocenters. The van der Waals surface area contributed by atoms with Crippen molar-refractivity contribution in [3.05, 3.63) is 80.1 Å². The fourth-order valence-electron chi connectivity index (χ4n) is 3.85. The van der Waals surface area contributed by atoms with Gasteiger partial charge in [0.1, 0.15) is 17.3 Å². The normalized spacial score (nSPS) is 12.2. The third-order valence-electron chi connectivity index (χ3n) is 5.86. The summed E-state index contributed by atoms with van der Waals surface area (Å²) in [6.45, 7) is 12.3. The van der Waals surface area contributed by atoms with Crippen LogP contribution in [0.4, 0.5) is 5.69 Å². The SMILES string of the molecule is CC(C)(C)c1cc(CCC(=O)NN=Cc2ccc(-c3cc([N+](=O)[O-])ccc3Cl)o2)cc(C(C)(C)C)c1O. The number of phenols is 1. The van der Waals surface area contributed by atoms with Gasteiger partial charge in [0.2, 0.25) is 5.91 Å². The highest BCUT2D eigenvalue weighted by Crippen LogP contribution is 2.40. The van der Waals surface area contributed by atoms with Crippen LogP contribution in [0.15, 0.2) is 52.0 Å². The van der Waals surface area contributed by atoms with E-state index >= 15 is 0 Å². The van der Waals surface area contributed by atoms with Gasteiger partial charge in [-0.05, 0) is 52.1 Å². The zero-order valence-corrected chi connectivity index (χ0v) is 22.6. The first-order valence-corrected chi connectivity index (χ1v) is 12.3. The number of nitrogens with one attached hydrogen (secondary N) is 1. The van der Waals surface area contributed by atoms with Gasteiger partial charge in [-0.3, -0.25) is 14.9 Å². The number of hydrazone groups is 1. The van der Waals surface area contributed by atoms with Crippen LogP contribution < -0.4 is 5.43 Å². The lowest BCUT2D eigenvalue weighted by molar-refractivity contribution is -0.384. The minimum Gasteiger partial charge on any atom is -0.507 e. The predicted molar refractivity (Wildman–Crippen MR) is 145 cm³/mol. The number of nitro benzene ring substituents is 1. The summed E-state index contributed by atoms with van der Waals surface area (Å²) in [6, 6.07) is 11.3. The third kappa shape index (κ3) is 6.98. The van der Waals surface area contributed by atoms with Crippen molar-refractivity contribution in [1.29, 1.82) is 0 Å². The van der Waals surface area contributed by atoms with E-state index in [0.717, 1.165) is 16.7 Å². The number of carbonyl (C=O) groups excluding carboxylic acids is 1. The van der Waals surface area contributed by atoms with Crippen molar-refractivity contribution in [2.75, 3.05) is 0 Å². The molecule has 196 valence electrons. The first-order valence-electron chi connectivity index (χ1n) is 11.9. The van der Waals surface area contributed by atoms with E-state index in [1.165, 1.54) is 24.4 Å². The lowest BCUT2D eigenvalue weighted by atomic mass is 9.78. The molecule has 0 saturated carbocycles. The van der Waals surface area contributed by atoms with Gasteiger partial charge in [0.15, 0.2) is 0 Å². The molecule has 37 heavy (non-hydrogen) atoms. The quantitative estimate of drug-likeness (QED) is 0.198. The minimum atomic E-state index is -0.507. The predicted octanol–water partition coefficient (Wildman–Crippen LogP) is 6.89. The van der Waals surface area contributed by atoms with E-state index in [9.17, 15) is 20.0 Å². The molecule has 0 saturated heterocycles. The van der Waals surface area contributed by atoms with Crippen molar-refractivity contribution >= 4 is 29.4 Å². The molecule has 0 unspecified atom stereocenters. The number of hydrogen-bond acceptors (Lipinski definition) is 6. The Kier molecular flexibility index (Phi) is 8.12. The molecule has 3 rings (SSSR count). The summed E-state index contributed by atoms with van der Waals surface area (Å²) in [7, 11) is 0. The molecule has 2 N–H and O–H groups in total. The average Bonchev–Trinajstić information content (AvgIpc) is 3.25. The smallest absolute Gasteiger partial charge is 0.270 e. The van der Waals surface area contributed by atoms with Crippen molar-refractivity contribution in [2.45, 2.75) is 65.2 Å².